The molecule has 106 valence electrons. The molecule has 0 fully saturated rings. The van der Waals surface area contributed by atoms with Gasteiger partial charge in [0, 0.05) is 5.56 Å². The molecule has 2 heterocycles. The van der Waals surface area contributed by atoms with Crippen LogP contribution in [0.2, 0.25) is 5.28 Å². The molecule has 0 aliphatic heterocycles. The van der Waals surface area contributed by atoms with Gasteiger partial charge in [-0.1, -0.05) is 48.5 Å². The molecule has 0 aliphatic rings. The maximum Gasteiger partial charge on any atom is 0.225 e. The summed E-state index contributed by atoms with van der Waals surface area (Å²) >= 11 is 6.13. The smallest absolute Gasteiger partial charge is 0.217 e. The van der Waals surface area contributed by atoms with Gasteiger partial charge in [-0.05, 0) is 23.7 Å². The van der Waals surface area contributed by atoms with Gasteiger partial charge in [-0.3, -0.25) is 0 Å². The summed E-state index contributed by atoms with van der Waals surface area (Å²) in [5, 5.41) is 5.53. The van der Waals surface area contributed by atoms with Crippen LogP contribution in [0.1, 0.15) is 0 Å². The van der Waals surface area contributed by atoms with Crippen LogP contribution < -0.4 is 0 Å². The van der Waals surface area contributed by atoms with Crippen molar-refractivity contribution in [2.75, 3.05) is 0 Å². The molecule has 0 spiro atoms. The van der Waals surface area contributed by atoms with E-state index in [9.17, 15) is 0 Å². The topological polar surface area (TPSA) is 43.6 Å². The Bertz CT molecular complexity index is 933. The fraction of sp³-hybridized carbons (Fsp3) is 0. The molecule has 0 bridgehead atoms. The fourth-order valence-electron chi connectivity index (χ4n) is 2.46. The van der Waals surface area contributed by atoms with Gasteiger partial charge in [-0.15, -0.1) is 0 Å². The Kier molecular flexibility index (Phi) is 3.09. The van der Waals surface area contributed by atoms with Crippen molar-refractivity contribution in [3.05, 3.63) is 72.1 Å². The lowest BCUT2D eigenvalue weighted by atomic mass is 10.1. The molecule has 0 aliphatic carbocycles. The van der Waals surface area contributed by atoms with Crippen LogP contribution in [0.4, 0.5) is 0 Å². The van der Waals surface area contributed by atoms with E-state index in [1.807, 2.05) is 60.7 Å². The number of para-hydroxylation sites is 1. The van der Waals surface area contributed by atoms with Crippen molar-refractivity contribution in [2.24, 2.45) is 0 Å². The summed E-state index contributed by atoms with van der Waals surface area (Å²) in [5.41, 5.74) is 3.42. The van der Waals surface area contributed by atoms with Crippen molar-refractivity contribution in [1.29, 1.82) is 0 Å². The third-order valence-electron chi connectivity index (χ3n) is 3.45. The molecule has 0 atom stereocenters. The molecule has 2 aromatic heterocycles. The molecule has 0 radical (unpaired) electrons. The van der Waals surface area contributed by atoms with Crippen molar-refractivity contribution >= 4 is 22.6 Å². The highest BCUT2D eigenvalue weighted by atomic mass is 35.5. The Morgan fingerprint density at radius 2 is 1.50 bits per heavy atom. The third-order valence-corrected chi connectivity index (χ3v) is 3.62. The maximum absolute atomic E-state index is 6.13. The predicted octanol–water partition coefficient (Wildman–Crippen LogP) is 4.14. The first kappa shape index (κ1) is 13.0. The highest BCUT2D eigenvalue weighted by Crippen LogP contribution is 2.28. The first-order valence-electron chi connectivity index (χ1n) is 6.85. The van der Waals surface area contributed by atoms with Gasteiger partial charge in [0.25, 0.3) is 0 Å². The van der Waals surface area contributed by atoms with Gasteiger partial charge >= 0.3 is 0 Å². The molecule has 0 unspecified atom stereocenters. The number of hydrogen-bond acceptors (Lipinski definition) is 3. The number of fused-ring (bicyclic) bond motifs is 1. The second kappa shape index (κ2) is 5.24. The zero-order valence-electron chi connectivity index (χ0n) is 11.5. The zero-order chi connectivity index (χ0) is 14.9. The summed E-state index contributed by atoms with van der Waals surface area (Å²) in [6, 6.07) is 19.7. The second-order valence-corrected chi connectivity index (χ2v) is 5.17. The number of benzene rings is 2. The van der Waals surface area contributed by atoms with E-state index in [1.165, 1.54) is 0 Å². The second-order valence-electron chi connectivity index (χ2n) is 4.84. The minimum Gasteiger partial charge on any atom is -0.217 e. The lowest BCUT2D eigenvalue weighted by Crippen LogP contribution is -1.98. The van der Waals surface area contributed by atoms with Crippen LogP contribution in [0.15, 0.2) is 66.9 Å². The minimum absolute atomic E-state index is 0.212. The average molecular weight is 307 g/mol. The molecule has 0 amide bonds. The molecule has 4 nitrogen and oxygen atoms in total. The summed E-state index contributed by atoms with van der Waals surface area (Å²) in [5.74, 6) is 0. The van der Waals surface area contributed by atoms with E-state index in [2.05, 4.69) is 15.1 Å². The van der Waals surface area contributed by atoms with Crippen LogP contribution >= 0.6 is 11.6 Å². The summed E-state index contributed by atoms with van der Waals surface area (Å²) in [6.45, 7) is 0. The lowest BCUT2D eigenvalue weighted by molar-refractivity contribution is 0.895. The SMILES string of the molecule is Clc1nc(-c2ccccc2)c2cnn(-c3ccccc3)c2n1. The third kappa shape index (κ3) is 2.14. The van der Waals surface area contributed by atoms with Gasteiger partial charge < -0.3 is 0 Å². The van der Waals surface area contributed by atoms with Gasteiger partial charge in [0.2, 0.25) is 5.28 Å². The highest BCUT2D eigenvalue weighted by molar-refractivity contribution is 6.28. The maximum atomic E-state index is 6.13. The fourth-order valence-corrected chi connectivity index (χ4v) is 2.62. The van der Waals surface area contributed by atoms with Crippen LogP contribution in [0.25, 0.3) is 28.0 Å². The van der Waals surface area contributed by atoms with Gasteiger partial charge in [-0.25, -0.2) is 9.67 Å². The Labute approximate surface area is 132 Å². The Morgan fingerprint density at radius 3 is 2.23 bits per heavy atom. The van der Waals surface area contributed by atoms with Crippen molar-refractivity contribution < 1.29 is 0 Å². The summed E-state index contributed by atoms with van der Waals surface area (Å²) in [6.07, 6.45) is 1.78. The van der Waals surface area contributed by atoms with E-state index in [4.69, 9.17) is 11.6 Å². The van der Waals surface area contributed by atoms with Crippen molar-refractivity contribution in [3.63, 3.8) is 0 Å². The molecule has 22 heavy (non-hydrogen) atoms. The van der Waals surface area contributed by atoms with Crippen molar-refractivity contribution in [2.45, 2.75) is 0 Å². The number of rotatable bonds is 2. The summed E-state index contributed by atoms with van der Waals surface area (Å²) in [4.78, 5) is 8.73. The van der Waals surface area contributed by atoms with E-state index < -0.39 is 0 Å². The molecular formula is C17H11ClN4. The molecule has 0 N–H and O–H groups in total. The van der Waals surface area contributed by atoms with E-state index >= 15 is 0 Å². The van der Waals surface area contributed by atoms with Gasteiger partial charge in [0.15, 0.2) is 5.65 Å². The molecule has 4 aromatic rings. The lowest BCUT2D eigenvalue weighted by Gasteiger charge is -2.05. The average Bonchev–Trinajstić information content (AvgIpc) is 2.99. The van der Waals surface area contributed by atoms with Crippen LogP contribution in [-0.4, -0.2) is 19.7 Å². The van der Waals surface area contributed by atoms with Gasteiger partial charge in [0.05, 0.1) is 23.0 Å². The van der Waals surface area contributed by atoms with Crippen LogP contribution in [0.3, 0.4) is 0 Å². The van der Waals surface area contributed by atoms with Gasteiger partial charge in [-0.2, -0.15) is 10.1 Å². The first-order valence-corrected chi connectivity index (χ1v) is 7.23. The summed E-state index contributed by atoms with van der Waals surface area (Å²) < 4.78 is 1.77. The molecule has 4 rings (SSSR count). The Morgan fingerprint density at radius 1 is 0.818 bits per heavy atom. The van der Waals surface area contributed by atoms with Crippen LogP contribution in [-0.2, 0) is 0 Å². The summed E-state index contributed by atoms with van der Waals surface area (Å²) in [7, 11) is 0. The number of nitrogens with zero attached hydrogens (tertiary/aromatic N) is 4. The molecule has 0 saturated heterocycles. The standard InChI is InChI=1S/C17H11ClN4/c18-17-20-15(12-7-3-1-4-8-12)14-11-19-22(16(14)21-17)13-9-5-2-6-10-13/h1-11H. The molecule has 5 heteroatoms. The van der Waals surface area contributed by atoms with Crippen LogP contribution in [0.5, 0.6) is 0 Å². The molecule has 0 saturated carbocycles. The Balaban J connectivity index is 2.00. The number of halogens is 1. The van der Waals surface area contributed by atoms with Crippen molar-refractivity contribution in [1.82, 2.24) is 19.7 Å². The van der Waals surface area contributed by atoms with Gasteiger partial charge in [0.1, 0.15) is 0 Å². The van der Waals surface area contributed by atoms with E-state index in [0.29, 0.717) is 5.65 Å². The largest absolute Gasteiger partial charge is 0.225 e. The monoisotopic (exact) mass is 306 g/mol. The van der Waals surface area contributed by atoms with Crippen molar-refractivity contribution in [3.8, 4) is 16.9 Å². The zero-order valence-corrected chi connectivity index (χ0v) is 12.3. The van der Waals surface area contributed by atoms with E-state index in [0.717, 1.165) is 22.3 Å². The minimum atomic E-state index is 0.212. The normalized spacial score (nSPS) is 11.0. The van der Waals surface area contributed by atoms with Crippen LogP contribution in [0, 0.1) is 0 Å². The predicted molar refractivity (Wildman–Crippen MR) is 87.1 cm³/mol. The molecular weight excluding hydrogens is 296 g/mol. The number of hydrogen-bond donors (Lipinski definition) is 0. The first-order chi connectivity index (χ1) is 10.8. The Hall–Kier alpha value is -2.72. The van der Waals surface area contributed by atoms with E-state index in [-0.39, 0.29) is 5.28 Å². The quantitative estimate of drug-likeness (QED) is 0.523. The van der Waals surface area contributed by atoms with E-state index in [1.54, 1.807) is 10.9 Å². The number of aromatic nitrogens is 4. The highest BCUT2D eigenvalue weighted by Gasteiger charge is 2.14. The molecule has 2 aromatic carbocycles.